The molecule has 0 saturated carbocycles. The van der Waals surface area contributed by atoms with E-state index in [1.165, 1.54) is 26.3 Å². The highest BCUT2D eigenvalue weighted by Crippen LogP contribution is 2.39. The maximum absolute atomic E-state index is 8.77. The van der Waals surface area contributed by atoms with Gasteiger partial charge in [-0.2, -0.15) is 4.98 Å². The van der Waals surface area contributed by atoms with Gasteiger partial charge in [0.05, 0.1) is 33.3 Å². The van der Waals surface area contributed by atoms with E-state index in [1.807, 2.05) is 30.3 Å². The molecule has 0 atom stereocenters. The fraction of sp³-hybridized carbons (Fsp3) is 0.0909. The van der Waals surface area contributed by atoms with Crippen LogP contribution in [0.3, 0.4) is 0 Å². The van der Waals surface area contributed by atoms with Gasteiger partial charge < -0.3 is 4.42 Å². The van der Waals surface area contributed by atoms with E-state index in [2.05, 4.69) is 169 Å². The molecule has 1 aliphatic heterocycles. The Labute approximate surface area is 359 Å². The number of oxazole rings is 1. The van der Waals surface area contributed by atoms with E-state index in [0.29, 0.717) is 17.8 Å². The van der Waals surface area contributed by atoms with Gasteiger partial charge in [-0.3, -0.25) is 8.97 Å². The van der Waals surface area contributed by atoms with Crippen LogP contribution in [0.15, 0.2) is 174 Å². The normalized spacial score (nSPS) is 13.5. The first kappa shape index (κ1) is 32.6. The van der Waals surface area contributed by atoms with Crippen LogP contribution < -0.4 is 20.7 Å². The first-order valence-corrected chi connectivity index (χ1v) is 22.9. The molecule has 11 aromatic rings. The number of para-hydroxylation sites is 3. The second kappa shape index (κ2) is 13.4. The highest BCUT2D eigenvalue weighted by molar-refractivity contribution is 7.20. The summed E-state index contributed by atoms with van der Waals surface area (Å²) in [7, 11) is -3.10. The van der Waals surface area contributed by atoms with Gasteiger partial charge in [0.25, 0.3) is 0 Å². The zero-order valence-electron chi connectivity index (χ0n) is 37.1. The van der Waals surface area contributed by atoms with Crippen LogP contribution in [-0.2, 0) is 6.42 Å². The van der Waals surface area contributed by atoms with Crippen LogP contribution in [0.25, 0.3) is 67.0 Å². The molecule has 6 heteroatoms. The second-order valence-electron chi connectivity index (χ2n) is 16.5. The van der Waals surface area contributed by atoms with Crippen LogP contribution in [0.4, 0.5) is 0 Å². The number of rotatable bonds is 6. The van der Waals surface area contributed by atoms with Crippen molar-refractivity contribution in [2.75, 3.05) is 0 Å². The molecule has 0 aliphatic carbocycles. The molecule has 0 saturated heterocycles. The molecule has 292 valence electrons. The van der Waals surface area contributed by atoms with E-state index in [0.717, 1.165) is 78.1 Å². The molecule has 0 radical (unpaired) electrons. The zero-order chi connectivity index (χ0) is 43.5. The molecule has 12 rings (SSSR count). The van der Waals surface area contributed by atoms with E-state index in [4.69, 9.17) is 18.5 Å². The van der Waals surface area contributed by atoms with Crippen molar-refractivity contribution in [1.29, 1.82) is 0 Å². The van der Waals surface area contributed by atoms with Crippen molar-refractivity contribution < 1.29 is 8.53 Å². The minimum absolute atomic E-state index is 0.275. The van der Waals surface area contributed by atoms with Crippen molar-refractivity contribution >= 4 is 67.8 Å². The Morgan fingerprint density at radius 2 is 1.13 bits per heavy atom. The second-order valence-corrected chi connectivity index (χ2v) is 20.3. The van der Waals surface area contributed by atoms with Gasteiger partial charge in [-0.25, -0.2) is 4.98 Å². The molecular weight excluding hydrogens is 761 g/mol. The van der Waals surface area contributed by atoms with Crippen LogP contribution in [0, 0.1) is 27.6 Å². The Morgan fingerprint density at radius 3 is 1.82 bits per heavy atom. The van der Waals surface area contributed by atoms with Gasteiger partial charge in [0, 0.05) is 10.5 Å². The maximum atomic E-state index is 8.77. The lowest BCUT2D eigenvalue weighted by atomic mass is 9.96. The summed E-state index contributed by atoms with van der Waals surface area (Å²) in [5.41, 5.74) is 15.1. The summed E-state index contributed by atoms with van der Waals surface area (Å²) in [5.74, 6) is 1.46. The summed E-state index contributed by atoms with van der Waals surface area (Å²) in [6.07, 6.45) is 0.664. The number of hydrogen-bond acceptors (Lipinski definition) is 3. The Hall–Kier alpha value is -7.28. The van der Waals surface area contributed by atoms with Crippen LogP contribution >= 0.6 is 0 Å². The van der Waals surface area contributed by atoms with Crippen LogP contribution in [0.1, 0.15) is 37.8 Å². The predicted octanol–water partition coefficient (Wildman–Crippen LogP) is 10.4. The average molecular weight is 806 g/mol. The van der Waals surface area contributed by atoms with Crippen molar-refractivity contribution in [2.45, 2.75) is 34.0 Å². The SMILES string of the molecule is [2H]C([2H])([2H])c1cc(-c2cccc([Si](c3ccccc3)(c3ccccc3)c3cccc(-c4cc(C)c5nc6oc7ccccc7n6c5c4C)c3)c2)c(C)c2c1nc1n2-c2ccccc2C1. The molecule has 3 aromatic heterocycles. The first-order chi connectivity index (χ1) is 31.1. The fourth-order valence-corrected chi connectivity index (χ4v) is 15.2. The Kier molecular flexibility index (Phi) is 7.13. The van der Waals surface area contributed by atoms with E-state index in [9.17, 15) is 0 Å². The Morgan fingerprint density at radius 1 is 0.557 bits per heavy atom. The standard InChI is InChI=1S/C55H42N4OSi/c1-34-29-45(36(3)53-51(34)56-50-33-40-17-11-12-26-47(40)58(50)53)38-18-15-24-43(31-38)61(41-20-7-5-8-21-41,42-22-9-6-10-23-42)44-25-16-19-39(32-44)46-30-35(2)52-54(37(46)4)59-48-27-13-14-28-49(48)60-55(59)57-52/h5-32H,33H2,1-4H3/i1D3. The molecule has 8 aromatic carbocycles. The minimum Gasteiger partial charge on any atom is -0.423 e. The van der Waals surface area contributed by atoms with E-state index < -0.39 is 14.9 Å². The molecule has 0 fully saturated rings. The van der Waals surface area contributed by atoms with Gasteiger partial charge in [-0.05, 0) is 129 Å². The quantitative estimate of drug-likeness (QED) is 0.124. The van der Waals surface area contributed by atoms with Crippen LogP contribution in [0.2, 0.25) is 0 Å². The molecule has 61 heavy (non-hydrogen) atoms. The van der Waals surface area contributed by atoms with Gasteiger partial charge in [0.2, 0.25) is 0 Å². The van der Waals surface area contributed by atoms with E-state index >= 15 is 0 Å². The number of nitrogens with zero attached hydrogens (tertiary/aromatic N) is 4. The lowest BCUT2D eigenvalue weighted by Gasteiger charge is -2.35. The van der Waals surface area contributed by atoms with Gasteiger partial charge >= 0.3 is 5.84 Å². The number of fused-ring (bicyclic) bond motifs is 10. The molecule has 0 unspecified atom stereocenters. The smallest absolute Gasteiger partial charge is 0.307 e. The maximum Gasteiger partial charge on any atom is 0.307 e. The third-order valence-corrected chi connectivity index (χ3v) is 17.9. The summed E-state index contributed by atoms with van der Waals surface area (Å²) < 4.78 is 36.9. The highest BCUT2D eigenvalue weighted by atomic mass is 28.3. The lowest BCUT2D eigenvalue weighted by Crippen LogP contribution is -2.74. The van der Waals surface area contributed by atoms with Gasteiger partial charge in [-0.15, -0.1) is 0 Å². The topological polar surface area (TPSA) is 48.3 Å². The van der Waals surface area contributed by atoms with Crippen molar-refractivity contribution in [3.05, 3.63) is 203 Å². The average Bonchev–Trinajstić information content (AvgIpc) is 4.07. The number of benzene rings is 8. The van der Waals surface area contributed by atoms with Gasteiger partial charge in [-0.1, -0.05) is 140 Å². The van der Waals surface area contributed by atoms with Crippen LogP contribution in [-0.4, -0.2) is 27.0 Å². The summed E-state index contributed by atoms with van der Waals surface area (Å²) in [4.78, 5) is 10.0. The van der Waals surface area contributed by atoms with Crippen molar-refractivity contribution in [1.82, 2.24) is 18.9 Å². The molecule has 0 N–H and O–H groups in total. The zero-order valence-corrected chi connectivity index (χ0v) is 35.1. The summed E-state index contributed by atoms with van der Waals surface area (Å²) in [6.45, 7) is 4.08. The monoisotopic (exact) mass is 805 g/mol. The van der Waals surface area contributed by atoms with Crippen molar-refractivity contribution in [3.8, 4) is 27.9 Å². The number of hydrogen-bond donors (Lipinski definition) is 0. The molecule has 5 nitrogen and oxygen atoms in total. The molecule has 1 aliphatic rings. The summed E-state index contributed by atoms with van der Waals surface area (Å²) in [5, 5.41) is 4.94. The highest BCUT2D eigenvalue weighted by Gasteiger charge is 2.42. The molecule has 0 spiro atoms. The summed E-state index contributed by atoms with van der Waals surface area (Å²) >= 11 is 0. The van der Waals surface area contributed by atoms with Gasteiger partial charge in [0.15, 0.2) is 13.7 Å². The predicted molar refractivity (Wildman–Crippen MR) is 253 cm³/mol. The Balaban J connectivity index is 1.11. The molecule has 0 amide bonds. The van der Waals surface area contributed by atoms with Crippen LogP contribution in [0.5, 0.6) is 0 Å². The summed E-state index contributed by atoms with van der Waals surface area (Å²) in [6, 6.07) is 60.5. The molecular formula is C55H42N4OSi. The number of aryl methyl sites for hydroxylation is 4. The fourth-order valence-electron chi connectivity index (χ4n) is 10.4. The third-order valence-electron chi connectivity index (χ3n) is 13.1. The Bertz CT molecular complexity index is 3640. The minimum atomic E-state index is -3.10. The molecule has 0 bridgehead atoms. The number of imidazole rings is 2. The van der Waals surface area contributed by atoms with E-state index in [1.54, 1.807) is 0 Å². The largest absolute Gasteiger partial charge is 0.423 e. The third kappa shape index (κ3) is 5.12. The van der Waals surface area contributed by atoms with E-state index in [-0.39, 0.29) is 5.56 Å². The first-order valence-electron chi connectivity index (χ1n) is 22.4. The molecule has 4 heterocycles. The van der Waals surface area contributed by atoms with Crippen molar-refractivity contribution in [2.24, 2.45) is 0 Å². The lowest BCUT2D eigenvalue weighted by molar-refractivity contribution is 0.643. The van der Waals surface area contributed by atoms with Gasteiger partial charge in [0.1, 0.15) is 5.82 Å². The van der Waals surface area contributed by atoms with Crippen molar-refractivity contribution in [3.63, 3.8) is 0 Å². The number of aromatic nitrogens is 4.